The predicted molar refractivity (Wildman–Crippen MR) is 242 cm³/mol. The molecule has 0 spiro atoms. The van der Waals surface area contributed by atoms with Crippen LogP contribution in [0.5, 0.6) is 0 Å². The van der Waals surface area contributed by atoms with E-state index in [-0.39, 0.29) is 62.8 Å². The molecule has 0 fully saturated rings. The van der Waals surface area contributed by atoms with Crippen LogP contribution in [0.1, 0.15) is 246 Å². The zero-order valence-corrected chi connectivity index (χ0v) is 41.6. The van der Waals surface area contributed by atoms with Gasteiger partial charge in [-0.05, 0) is 38.5 Å². The molecule has 0 aliphatic heterocycles. The molecule has 8 nitrogen and oxygen atoms in total. The Kier molecular flexibility index (Phi) is 51.5. The van der Waals surface area contributed by atoms with E-state index in [1.54, 1.807) is 0 Å². The largest absolute Gasteiger partial charge is 2.00 e. The van der Waals surface area contributed by atoms with Crippen LogP contribution < -0.4 is 0 Å². The van der Waals surface area contributed by atoms with Crippen molar-refractivity contribution in [1.29, 1.82) is 0 Å². The fraction of sp³-hybridized carbons (Fsp3) is 0.913. The Hall–Kier alpha value is 0.480. The molecule has 57 heavy (non-hydrogen) atoms. The summed E-state index contributed by atoms with van der Waals surface area (Å²) in [5, 5.41) is 0. The first-order chi connectivity index (χ1) is 27.0. The van der Waals surface area contributed by atoms with E-state index in [0.717, 1.165) is 38.5 Å². The molecule has 0 aliphatic rings. The average molecular weight is 875 g/mol. The van der Waals surface area contributed by atoms with Crippen LogP contribution in [0.2, 0.25) is 0 Å². The third kappa shape index (κ3) is 56.5. The van der Waals surface area contributed by atoms with Gasteiger partial charge >= 0.3 is 37.7 Å². The number of hydrogen-bond acceptors (Lipinski definition) is 8. The van der Waals surface area contributed by atoms with Crippen LogP contribution in [0.15, 0.2) is 24.3 Å². The van der Waals surface area contributed by atoms with Crippen LogP contribution in [0.3, 0.4) is 0 Å². The van der Waals surface area contributed by atoms with Gasteiger partial charge in [-0.1, -0.05) is 232 Å². The van der Waals surface area contributed by atoms with E-state index < -0.39 is 20.8 Å². The number of allylic oxidation sites excluding steroid dienone is 2. The third-order valence-corrected chi connectivity index (χ3v) is 11.3. The van der Waals surface area contributed by atoms with Gasteiger partial charge in [0.2, 0.25) is 20.8 Å². The molecular weight excluding hydrogens is 785 g/mol. The summed E-state index contributed by atoms with van der Waals surface area (Å²) in [5.74, 6) is 0.0433. The summed E-state index contributed by atoms with van der Waals surface area (Å²) in [6.45, 7) is 8.88. The SMILES string of the molecule is CCCCCCCC/C=C/C(CCCCCCCCCCC)COS(=O)(=O)[O-].CCCCCCCC/C=C/C(CCCCCCCCCCC)COS(=O)(=O)[O-].[Ca+2]. The first-order valence-corrected chi connectivity index (χ1v) is 26.2. The van der Waals surface area contributed by atoms with E-state index in [9.17, 15) is 25.9 Å². The van der Waals surface area contributed by atoms with Gasteiger partial charge in [0.1, 0.15) is 0 Å². The zero-order chi connectivity index (χ0) is 41.9. The van der Waals surface area contributed by atoms with Crippen molar-refractivity contribution in [2.24, 2.45) is 11.8 Å². The van der Waals surface area contributed by atoms with Crippen molar-refractivity contribution in [2.75, 3.05) is 13.2 Å². The molecule has 336 valence electrons. The van der Waals surface area contributed by atoms with E-state index in [4.69, 9.17) is 0 Å². The van der Waals surface area contributed by atoms with Crippen LogP contribution in [0.4, 0.5) is 0 Å². The summed E-state index contributed by atoms with van der Waals surface area (Å²) < 4.78 is 73.6. The molecule has 0 saturated heterocycles. The summed E-state index contributed by atoms with van der Waals surface area (Å²) in [6, 6.07) is 0. The maximum atomic E-state index is 10.8. The van der Waals surface area contributed by atoms with Crippen molar-refractivity contribution in [3.63, 3.8) is 0 Å². The topological polar surface area (TPSA) is 133 Å². The molecule has 0 N–H and O–H groups in total. The minimum Gasteiger partial charge on any atom is -0.726 e. The molecule has 0 aromatic rings. The van der Waals surface area contributed by atoms with Gasteiger partial charge < -0.3 is 9.11 Å². The molecule has 11 heteroatoms. The maximum absolute atomic E-state index is 10.8. The summed E-state index contributed by atoms with van der Waals surface area (Å²) in [4.78, 5) is 0. The minimum absolute atomic E-state index is 0. The van der Waals surface area contributed by atoms with Crippen LogP contribution >= 0.6 is 0 Å². The monoisotopic (exact) mass is 875 g/mol. The van der Waals surface area contributed by atoms with Crippen molar-refractivity contribution in [2.45, 2.75) is 246 Å². The van der Waals surface area contributed by atoms with Crippen molar-refractivity contribution in [3.8, 4) is 0 Å². The normalized spacial score (nSPS) is 13.2. The molecule has 2 unspecified atom stereocenters. The van der Waals surface area contributed by atoms with Gasteiger partial charge in [-0.15, -0.1) is 0 Å². The molecule has 0 heterocycles. The Morgan fingerprint density at radius 2 is 0.614 bits per heavy atom. The van der Waals surface area contributed by atoms with E-state index in [1.807, 2.05) is 0 Å². The molecule has 0 rings (SSSR count). The first kappa shape index (κ1) is 61.8. The van der Waals surface area contributed by atoms with E-state index in [0.29, 0.717) is 0 Å². The van der Waals surface area contributed by atoms with Crippen molar-refractivity contribution >= 4 is 58.5 Å². The van der Waals surface area contributed by atoms with Crippen LogP contribution in [0.25, 0.3) is 0 Å². The number of unbranched alkanes of at least 4 members (excludes halogenated alkanes) is 28. The zero-order valence-electron chi connectivity index (χ0n) is 37.7. The van der Waals surface area contributed by atoms with Gasteiger partial charge in [0.15, 0.2) is 0 Å². The van der Waals surface area contributed by atoms with Gasteiger partial charge in [-0.3, -0.25) is 8.37 Å². The average Bonchev–Trinajstić information content (AvgIpc) is 3.15. The van der Waals surface area contributed by atoms with E-state index in [1.165, 1.54) is 180 Å². The van der Waals surface area contributed by atoms with Crippen molar-refractivity contribution in [3.05, 3.63) is 24.3 Å². The predicted octanol–water partition coefficient (Wildman–Crippen LogP) is 14.2. The smallest absolute Gasteiger partial charge is 0.726 e. The van der Waals surface area contributed by atoms with Crippen LogP contribution in [0, 0.1) is 11.8 Å². The van der Waals surface area contributed by atoms with Gasteiger partial charge in [0.05, 0.1) is 13.2 Å². The molecule has 0 aromatic heterocycles. The van der Waals surface area contributed by atoms with Crippen molar-refractivity contribution in [1.82, 2.24) is 0 Å². The Labute approximate surface area is 385 Å². The Morgan fingerprint density at radius 3 is 0.860 bits per heavy atom. The van der Waals surface area contributed by atoms with Crippen molar-refractivity contribution < 1.29 is 34.3 Å². The van der Waals surface area contributed by atoms with Gasteiger partial charge in [-0.25, -0.2) is 16.8 Å². The molecule has 2 atom stereocenters. The maximum Gasteiger partial charge on any atom is 2.00 e. The molecule has 0 amide bonds. The van der Waals surface area contributed by atoms with E-state index >= 15 is 0 Å². The summed E-state index contributed by atoms with van der Waals surface area (Å²) >= 11 is 0. The number of hydrogen-bond donors (Lipinski definition) is 0. The third-order valence-electron chi connectivity index (χ3n) is 10.5. The van der Waals surface area contributed by atoms with Gasteiger partial charge in [0, 0.05) is 11.8 Å². The Balaban J connectivity index is -0.00000101. The van der Waals surface area contributed by atoms with Gasteiger partial charge in [-0.2, -0.15) is 0 Å². The van der Waals surface area contributed by atoms with Crippen LogP contribution in [-0.2, 0) is 29.2 Å². The molecule has 0 saturated carbocycles. The van der Waals surface area contributed by atoms with E-state index in [2.05, 4.69) is 60.4 Å². The molecule has 0 bridgehead atoms. The molecule has 0 aliphatic carbocycles. The molecular formula is C46H90CaO8S2. The van der Waals surface area contributed by atoms with Crippen LogP contribution in [-0.4, -0.2) is 76.9 Å². The summed E-state index contributed by atoms with van der Waals surface area (Å²) in [6.07, 6.45) is 50.2. The molecule has 0 aromatic carbocycles. The second kappa shape index (κ2) is 47.5. The Bertz CT molecular complexity index is 982. The fourth-order valence-electron chi connectivity index (χ4n) is 6.91. The summed E-state index contributed by atoms with van der Waals surface area (Å²) in [7, 11) is -9.20. The standard InChI is InChI=1S/2C23H46O4S.Ca/c2*1-3-5-7-9-11-13-15-17-19-21-23(22-27-28(24,25)26)20-18-16-14-12-10-8-6-4-2;/h2*18,20,23H,3-17,19,21-22H2,1-2H3,(H,24,25,26);/q;;+2/p-2/b2*20-18+;. The minimum atomic E-state index is -4.60. The summed E-state index contributed by atoms with van der Waals surface area (Å²) in [5.41, 5.74) is 0. The van der Waals surface area contributed by atoms with Gasteiger partial charge in [0.25, 0.3) is 0 Å². The second-order valence-electron chi connectivity index (χ2n) is 16.1. The first-order valence-electron chi connectivity index (χ1n) is 23.5. The fourth-order valence-corrected chi connectivity index (χ4v) is 7.59. The number of rotatable bonds is 42. The molecule has 0 radical (unpaired) electrons. The quantitative estimate of drug-likeness (QED) is 0.0195. The second-order valence-corrected chi connectivity index (χ2v) is 18.2. The Morgan fingerprint density at radius 1 is 0.386 bits per heavy atom.